The van der Waals surface area contributed by atoms with Crippen LogP contribution in [0, 0.1) is 0 Å². The summed E-state index contributed by atoms with van der Waals surface area (Å²) in [5.41, 5.74) is 1.77. The Morgan fingerprint density at radius 3 is 2.55 bits per heavy atom. The Bertz CT molecular complexity index is 893. The number of rotatable bonds is 1. The van der Waals surface area contributed by atoms with Crippen molar-refractivity contribution in [3.05, 3.63) is 60.7 Å². The molecule has 1 aromatic heterocycles. The molecule has 0 unspecified atom stereocenters. The Hall–Kier alpha value is -2.39. The number of benzene rings is 3. The first-order valence-electron chi connectivity index (χ1n) is 6.39. The lowest BCUT2D eigenvalue weighted by molar-refractivity contribution is 0.483. The van der Waals surface area contributed by atoms with Gasteiger partial charge in [0, 0.05) is 5.39 Å². The average Bonchev–Trinajstić information content (AvgIpc) is 2.91. The summed E-state index contributed by atoms with van der Waals surface area (Å²) in [5.74, 6) is 0.308. The van der Waals surface area contributed by atoms with Gasteiger partial charge in [-0.2, -0.15) is 0 Å². The SMILES string of the molecule is Oc1c(-c2nc3ccccc3s2)ccc2ccccc12. The molecule has 0 saturated carbocycles. The Morgan fingerprint density at radius 2 is 1.65 bits per heavy atom. The van der Waals surface area contributed by atoms with E-state index in [2.05, 4.69) is 11.1 Å². The third kappa shape index (κ3) is 1.67. The largest absolute Gasteiger partial charge is 0.507 e. The maximum Gasteiger partial charge on any atom is 0.133 e. The van der Waals surface area contributed by atoms with Crippen molar-refractivity contribution < 1.29 is 5.11 Å². The lowest BCUT2D eigenvalue weighted by Gasteiger charge is -2.05. The van der Waals surface area contributed by atoms with Crippen LogP contribution in [0.25, 0.3) is 31.6 Å². The number of hydrogen-bond acceptors (Lipinski definition) is 3. The van der Waals surface area contributed by atoms with Crippen LogP contribution in [0.4, 0.5) is 0 Å². The minimum atomic E-state index is 0.308. The highest BCUT2D eigenvalue weighted by atomic mass is 32.1. The van der Waals surface area contributed by atoms with E-state index in [1.807, 2.05) is 54.6 Å². The van der Waals surface area contributed by atoms with E-state index in [0.29, 0.717) is 5.75 Å². The summed E-state index contributed by atoms with van der Waals surface area (Å²) in [4.78, 5) is 4.61. The molecule has 0 atom stereocenters. The van der Waals surface area contributed by atoms with Crippen molar-refractivity contribution in [2.45, 2.75) is 0 Å². The fourth-order valence-electron chi connectivity index (χ4n) is 2.42. The van der Waals surface area contributed by atoms with Crippen molar-refractivity contribution in [1.82, 2.24) is 4.98 Å². The van der Waals surface area contributed by atoms with Crippen LogP contribution in [0.2, 0.25) is 0 Å². The van der Waals surface area contributed by atoms with Crippen molar-refractivity contribution >= 4 is 32.3 Å². The molecule has 4 rings (SSSR count). The summed E-state index contributed by atoms with van der Waals surface area (Å²) in [6.07, 6.45) is 0. The number of para-hydroxylation sites is 1. The van der Waals surface area contributed by atoms with Gasteiger partial charge in [0.15, 0.2) is 0 Å². The molecule has 3 aromatic carbocycles. The Balaban J connectivity index is 1.99. The van der Waals surface area contributed by atoms with Gasteiger partial charge in [0.1, 0.15) is 10.8 Å². The standard InChI is InChI=1S/C17H11NOS/c19-16-12-6-2-1-5-11(12)9-10-13(16)17-18-14-7-3-4-8-15(14)20-17/h1-10,19H. The minimum absolute atomic E-state index is 0.308. The summed E-state index contributed by atoms with van der Waals surface area (Å²) >= 11 is 1.60. The zero-order valence-corrected chi connectivity index (χ0v) is 11.4. The number of hydrogen-bond donors (Lipinski definition) is 1. The lowest BCUT2D eigenvalue weighted by atomic mass is 10.1. The van der Waals surface area contributed by atoms with E-state index < -0.39 is 0 Å². The van der Waals surface area contributed by atoms with Gasteiger partial charge >= 0.3 is 0 Å². The molecule has 0 saturated heterocycles. The third-order valence-corrected chi connectivity index (χ3v) is 4.49. The van der Waals surface area contributed by atoms with E-state index >= 15 is 0 Å². The van der Waals surface area contributed by atoms with Crippen LogP contribution in [-0.4, -0.2) is 10.1 Å². The first-order chi connectivity index (χ1) is 9.83. The predicted octanol–water partition coefficient (Wildman–Crippen LogP) is 4.82. The summed E-state index contributed by atoms with van der Waals surface area (Å²) in [6.45, 7) is 0. The molecular formula is C17H11NOS. The van der Waals surface area contributed by atoms with Crippen molar-refractivity contribution in [2.75, 3.05) is 0 Å². The number of aromatic nitrogens is 1. The number of nitrogens with zero attached hydrogens (tertiary/aromatic N) is 1. The fourth-order valence-corrected chi connectivity index (χ4v) is 3.41. The molecule has 0 aliphatic carbocycles. The molecule has 0 spiro atoms. The summed E-state index contributed by atoms with van der Waals surface area (Å²) in [5, 5.41) is 13.3. The monoisotopic (exact) mass is 277 g/mol. The zero-order chi connectivity index (χ0) is 13.5. The van der Waals surface area contributed by atoms with Crippen LogP contribution in [0.15, 0.2) is 60.7 Å². The van der Waals surface area contributed by atoms with Crippen LogP contribution >= 0.6 is 11.3 Å². The van der Waals surface area contributed by atoms with Gasteiger partial charge in [-0.05, 0) is 23.6 Å². The van der Waals surface area contributed by atoms with Gasteiger partial charge in [0.25, 0.3) is 0 Å². The van der Waals surface area contributed by atoms with Gasteiger partial charge in [-0.3, -0.25) is 0 Å². The average molecular weight is 277 g/mol. The molecule has 3 heteroatoms. The molecule has 0 fully saturated rings. The van der Waals surface area contributed by atoms with Crippen LogP contribution in [0.3, 0.4) is 0 Å². The van der Waals surface area contributed by atoms with Crippen LogP contribution in [0.5, 0.6) is 5.75 Å². The van der Waals surface area contributed by atoms with Crippen molar-refractivity contribution in [2.24, 2.45) is 0 Å². The van der Waals surface area contributed by atoms with Gasteiger partial charge in [-0.1, -0.05) is 42.5 Å². The summed E-state index contributed by atoms with van der Waals surface area (Å²) in [7, 11) is 0. The number of phenolic OH excluding ortho intramolecular Hbond substituents is 1. The fraction of sp³-hybridized carbons (Fsp3) is 0. The Kier molecular flexibility index (Phi) is 2.47. The second-order valence-corrected chi connectivity index (χ2v) is 5.70. The number of thiazole rings is 1. The second kappa shape index (κ2) is 4.32. The van der Waals surface area contributed by atoms with E-state index in [-0.39, 0.29) is 0 Å². The van der Waals surface area contributed by atoms with E-state index in [4.69, 9.17) is 0 Å². The predicted molar refractivity (Wildman–Crippen MR) is 84.2 cm³/mol. The van der Waals surface area contributed by atoms with Crippen molar-refractivity contribution in [3.63, 3.8) is 0 Å². The topological polar surface area (TPSA) is 33.1 Å². The van der Waals surface area contributed by atoms with E-state index in [1.165, 1.54) is 0 Å². The van der Waals surface area contributed by atoms with Crippen LogP contribution < -0.4 is 0 Å². The minimum Gasteiger partial charge on any atom is -0.507 e. The lowest BCUT2D eigenvalue weighted by Crippen LogP contribution is -1.80. The van der Waals surface area contributed by atoms with Gasteiger partial charge in [0.2, 0.25) is 0 Å². The highest BCUT2D eigenvalue weighted by Gasteiger charge is 2.12. The van der Waals surface area contributed by atoms with Gasteiger partial charge in [-0.25, -0.2) is 4.98 Å². The quantitative estimate of drug-likeness (QED) is 0.541. The zero-order valence-electron chi connectivity index (χ0n) is 10.6. The van der Waals surface area contributed by atoms with Gasteiger partial charge in [0.05, 0.1) is 15.8 Å². The van der Waals surface area contributed by atoms with Crippen LogP contribution in [0.1, 0.15) is 0 Å². The normalized spacial score (nSPS) is 11.2. The molecule has 0 aliphatic heterocycles. The Labute approximate surface area is 120 Å². The molecule has 1 heterocycles. The Morgan fingerprint density at radius 1 is 0.850 bits per heavy atom. The van der Waals surface area contributed by atoms with Crippen molar-refractivity contribution in [3.8, 4) is 16.3 Å². The number of aromatic hydroxyl groups is 1. The highest BCUT2D eigenvalue weighted by Crippen LogP contribution is 2.39. The summed E-state index contributed by atoms with van der Waals surface area (Å²) < 4.78 is 1.13. The highest BCUT2D eigenvalue weighted by molar-refractivity contribution is 7.21. The van der Waals surface area contributed by atoms with Gasteiger partial charge in [-0.15, -0.1) is 11.3 Å². The van der Waals surface area contributed by atoms with E-state index in [0.717, 1.165) is 31.6 Å². The molecule has 0 amide bonds. The maximum absolute atomic E-state index is 10.5. The molecule has 1 N–H and O–H groups in total. The van der Waals surface area contributed by atoms with Gasteiger partial charge < -0.3 is 5.11 Å². The van der Waals surface area contributed by atoms with Crippen LogP contribution in [-0.2, 0) is 0 Å². The second-order valence-electron chi connectivity index (χ2n) is 4.67. The molecule has 0 aliphatic rings. The summed E-state index contributed by atoms with van der Waals surface area (Å²) in [6, 6.07) is 19.8. The first kappa shape index (κ1) is 11.4. The molecule has 96 valence electrons. The maximum atomic E-state index is 10.5. The van der Waals surface area contributed by atoms with Crippen molar-refractivity contribution in [1.29, 1.82) is 0 Å². The first-order valence-corrected chi connectivity index (χ1v) is 7.21. The molecule has 2 nitrogen and oxygen atoms in total. The molecule has 20 heavy (non-hydrogen) atoms. The number of fused-ring (bicyclic) bond motifs is 2. The molecule has 4 aromatic rings. The van der Waals surface area contributed by atoms with E-state index in [1.54, 1.807) is 11.3 Å². The molecular weight excluding hydrogens is 266 g/mol. The third-order valence-electron chi connectivity index (χ3n) is 3.42. The van der Waals surface area contributed by atoms with E-state index in [9.17, 15) is 5.11 Å². The smallest absolute Gasteiger partial charge is 0.133 e. The number of phenols is 1. The molecule has 0 radical (unpaired) electrons. The molecule has 0 bridgehead atoms.